The quantitative estimate of drug-likeness (QED) is 0.334. The molecule has 0 N–H and O–H groups in total. The summed E-state index contributed by atoms with van der Waals surface area (Å²) in [4.78, 5) is 0. The van der Waals surface area contributed by atoms with Gasteiger partial charge in [-0.3, -0.25) is 0 Å². The minimum Gasteiger partial charge on any atom is -0.456 e. The van der Waals surface area contributed by atoms with E-state index in [1.807, 2.05) is 42.5 Å². The van der Waals surface area contributed by atoms with Crippen LogP contribution in [0.4, 0.5) is 0 Å². The Hall–Kier alpha value is -2.26. The average molecular weight is 337 g/mol. The number of benzene rings is 3. The van der Waals surface area contributed by atoms with Crippen LogP contribution in [-0.4, -0.2) is 0 Å². The van der Waals surface area contributed by atoms with E-state index in [2.05, 4.69) is 28.1 Å². The van der Waals surface area contributed by atoms with Crippen molar-refractivity contribution in [2.24, 2.45) is 0 Å². The summed E-state index contributed by atoms with van der Waals surface area (Å²) in [6, 6.07) is 18.2. The molecule has 2 heterocycles. The molecule has 0 aliphatic carbocycles. The fourth-order valence-electron chi connectivity index (χ4n) is 3.05. The Morgan fingerprint density at radius 3 is 2.05 bits per heavy atom. The number of rotatable bonds is 0. The van der Waals surface area contributed by atoms with E-state index in [0.717, 1.165) is 48.3 Å². The van der Waals surface area contributed by atoms with Crippen molar-refractivity contribution in [3.8, 4) is 0 Å². The lowest BCUT2D eigenvalue weighted by Gasteiger charge is -1.96. The summed E-state index contributed by atoms with van der Waals surface area (Å²) in [5, 5.41) is 4.35. The standard InChI is InChI=1S/C18H9BrO2/c19-12-9-15-17(11-6-2-3-7-13(11)20-15)18-16(12)10-5-1-4-8-14(10)21-18/h1-9H. The molecule has 0 atom stereocenters. The summed E-state index contributed by atoms with van der Waals surface area (Å²) in [5.41, 5.74) is 3.50. The van der Waals surface area contributed by atoms with E-state index >= 15 is 0 Å². The summed E-state index contributed by atoms with van der Waals surface area (Å²) in [6.07, 6.45) is 0. The third-order valence-corrected chi connectivity index (χ3v) is 4.57. The molecule has 0 radical (unpaired) electrons. The molecule has 5 rings (SSSR count). The number of fused-ring (bicyclic) bond motifs is 7. The minimum atomic E-state index is 0.842. The molecule has 5 aromatic rings. The summed E-state index contributed by atoms with van der Waals surface area (Å²) in [7, 11) is 0. The van der Waals surface area contributed by atoms with Gasteiger partial charge in [-0.1, -0.05) is 36.4 Å². The Morgan fingerprint density at radius 1 is 0.667 bits per heavy atom. The van der Waals surface area contributed by atoms with Crippen LogP contribution in [0.1, 0.15) is 0 Å². The van der Waals surface area contributed by atoms with E-state index < -0.39 is 0 Å². The fraction of sp³-hybridized carbons (Fsp3) is 0. The highest BCUT2D eigenvalue weighted by molar-refractivity contribution is 9.10. The first kappa shape index (κ1) is 11.4. The van der Waals surface area contributed by atoms with Gasteiger partial charge in [0.15, 0.2) is 0 Å². The largest absolute Gasteiger partial charge is 0.456 e. The molecule has 2 nitrogen and oxygen atoms in total. The zero-order valence-electron chi connectivity index (χ0n) is 10.9. The lowest BCUT2D eigenvalue weighted by molar-refractivity contribution is 0.662. The maximum Gasteiger partial charge on any atom is 0.148 e. The summed E-state index contributed by atoms with van der Waals surface area (Å²) in [5.74, 6) is 0. The summed E-state index contributed by atoms with van der Waals surface area (Å²) >= 11 is 3.66. The van der Waals surface area contributed by atoms with Crippen molar-refractivity contribution >= 4 is 59.8 Å². The van der Waals surface area contributed by atoms with Gasteiger partial charge in [0.25, 0.3) is 0 Å². The monoisotopic (exact) mass is 336 g/mol. The molecule has 0 spiro atoms. The fourth-order valence-corrected chi connectivity index (χ4v) is 3.65. The van der Waals surface area contributed by atoms with Gasteiger partial charge in [-0.2, -0.15) is 0 Å². The minimum absolute atomic E-state index is 0.842. The van der Waals surface area contributed by atoms with E-state index in [0.29, 0.717) is 0 Å². The van der Waals surface area contributed by atoms with Crippen LogP contribution in [0.25, 0.3) is 43.9 Å². The van der Waals surface area contributed by atoms with Crippen molar-refractivity contribution < 1.29 is 8.83 Å². The predicted molar refractivity (Wildman–Crippen MR) is 88.7 cm³/mol. The molecule has 21 heavy (non-hydrogen) atoms. The molecule has 0 saturated carbocycles. The first-order valence-corrected chi connectivity index (χ1v) is 7.53. The van der Waals surface area contributed by atoms with Gasteiger partial charge in [0, 0.05) is 20.6 Å². The van der Waals surface area contributed by atoms with Crippen LogP contribution in [0.3, 0.4) is 0 Å². The van der Waals surface area contributed by atoms with Gasteiger partial charge in [-0.15, -0.1) is 0 Å². The lowest BCUT2D eigenvalue weighted by atomic mass is 10.1. The highest BCUT2D eigenvalue weighted by Crippen LogP contribution is 2.42. The summed E-state index contributed by atoms with van der Waals surface area (Å²) in [6.45, 7) is 0. The van der Waals surface area contributed by atoms with Crippen molar-refractivity contribution in [3.05, 3.63) is 59.1 Å². The molecule has 100 valence electrons. The van der Waals surface area contributed by atoms with Gasteiger partial charge in [0.05, 0.1) is 5.39 Å². The average Bonchev–Trinajstić information content (AvgIpc) is 3.04. The molecular formula is C18H9BrO2. The number of hydrogen-bond donors (Lipinski definition) is 0. The third kappa shape index (κ3) is 1.41. The van der Waals surface area contributed by atoms with Crippen LogP contribution in [0, 0.1) is 0 Å². The molecule has 2 aromatic heterocycles. The van der Waals surface area contributed by atoms with Crippen LogP contribution in [0.15, 0.2) is 67.9 Å². The smallest absolute Gasteiger partial charge is 0.148 e. The molecular weight excluding hydrogens is 328 g/mol. The Balaban J connectivity index is 2.17. The molecule has 0 saturated heterocycles. The maximum atomic E-state index is 6.12. The second-order valence-electron chi connectivity index (χ2n) is 5.13. The normalized spacial score (nSPS) is 12.0. The van der Waals surface area contributed by atoms with E-state index in [-0.39, 0.29) is 0 Å². The number of hydrogen-bond acceptors (Lipinski definition) is 2. The van der Waals surface area contributed by atoms with Gasteiger partial charge >= 0.3 is 0 Å². The molecule has 3 heteroatoms. The van der Waals surface area contributed by atoms with E-state index in [1.54, 1.807) is 0 Å². The summed E-state index contributed by atoms with van der Waals surface area (Å²) < 4.78 is 13.1. The van der Waals surface area contributed by atoms with Gasteiger partial charge in [-0.25, -0.2) is 0 Å². The van der Waals surface area contributed by atoms with Crippen LogP contribution in [-0.2, 0) is 0 Å². The Bertz CT molecular complexity index is 1150. The van der Waals surface area contributed by atoms with Crippen molar-refractivity contribution in [2.45, 2.75) is 0 Å². The highest BCUT2D eigenvalue weighted by Gasteiger charge is 2.18. The van der Waals surface area contributed by atoms with Gasteiger partial charge in [0.2, 0.25) is 0 Å². The van der Waals surface area contributed by atoms with Gasteiger partial charge in [-0.05, 0) is 34.1 Å². The Labute approximate surface area is 128 Å². The highest BCUT2D eigenvalue weighted by atomic mass is 79.9. The van der Waals surface area contributed by atoms with Crippen LogP contribution in [0.2, 0.25) is 0 Å². The van der Waals surface area contributed by atoms with Crippen LogP contribution >= 0.6 is 15.9 Å². The van der Waals surface area contributed by atoms with Crippen molar-refractivity contribution in [3.63, 3.8) is 0 Å². The van der Waals surface area contributed by atoms with Crippen molar-refractivity contribution in [1.29, 1.82) is 0 Å². The van der Waals surface area contributed by atoms with Crippen LogP contribution < -0.4 is 0 Å². The zero-order valence-corrected chi connectivity index (χ0v) is 12.5. The first-order valence-electron chi connectivity index (χ1n) is 6.74. The van der Waals surface area contributed by atoms with E-state index in [1.165, 1.54) is 0 Å². The third-order valence-electron chi connectivity index (χ3n) is 3.94. The topological polar surface area (TPSA) is 26.3 Å². The predicted octanol–water partition coefficient (Wildman–Crippen LogP) is 6.25. The van der Waals surface area contributed by atoms with Crippen molar-refractivity contribution in [1.82, 2.24) is 0 Å². The molecule has 0 aliphatic heterocycles. The van der Waals surface area contributed by atoms with Gasteiger partial charge < -0.3 is 8.83 Å². The van der Waals surface area contributed by atoms with E-state index in [9.17, 15) is 0 Å². The van der Waals surface area contributed by atoms with E-state index in [4.69, 9.17) is 8.83 Å². The maximum absolute atomic E-state index is 6.12. The zero-order chi connectivity index (χ0) is 14.0. The van der Waals surface area contributed by atoms with Gasteiger partial charge in [0.1, 0.15) is 22.3 Å². The molecule has 3 aromatic carbocycles. The van der Waals surface area contributed by atoms with Crippen LogP contribution in [0.5, 0.6) is 0 Å². The Morgan fingerprint density at radius 2 is 1.29 bits per heavy atom. The molecule has 0 unspecified atom stereocenters. The SMILES string of the molecule is Brc1cc2oc3ccccc3c2c2oc3ccccc3c12. The number of furan rings is 2. The molecule has 0 fully saturated rings. The molecule has 0 bridgehead atoms. The lowest BCUT2D eigenvalue weighted by Crippen LogP contribution is -1.72. The second kappa shape index (κ2) is 3.89. The molecule has 0 amide bonds. The number of halogens is 1. The molecule has 0 aliphatic rings. The van der Waals surface area contributed by atoms with Crippen molar-refractivity contribution in [2.75, 3.05) is 0 Å². The Kier molecular flexibility index (Phi) is 2.11. The number of para-hydroxylation sites is 2. The first-order chi connectivity index (χ1) is 10.3. The second-order valence-corrected chi connectivity index (χ2v) is 5.99.